The lowest BCUT2D eigenvalue weighted by Crippen LogP contribution is -2.27. The zero-order chi connectivity index (χ0) is 15.7. The molecule has 0 aliphatic carbocycles. The summed E-state index contributed by atoms with van der Waals surface area (Å²) in [5.74, 6) is 0.0654. The van der Waals surface area contributed by atoms with Gasteiger partial charge in [-0.2, -0.15) is 0 Å². The quantitative estimate of drug-likeness (QED) is 0.503. The molecule has 20 heavy (non-hydrogen) atoms. The number of hydrogen-bond donors (Lipinski definition) is 2. The van der Waals surface area contributed by atoms with Gasteiger partial charge in [-0.05, 0) is 37.3 Å². The first-order chi connectivity index (χ1) is 9.37. The van der Waals surface area contributed by atoms with Crippen LogP contribution in [0.4, 0.5) is 4.39 Å². The van der Waals surface area contributed by atoms with E-state index in [4.69, 9.17) is 11.1 Å². The SMILES string of the molecule is C=N/C(=C(/C)C(N)CCC)N(C)CC(=C)/C=C(/F)C=N. The van der Waals surface area contributed by atoms with Crippen molar-refractivity contribution in [2.24, 2.45) is 10.7 Å². The summed E-state index contributed by atoms with van der Waals surface area (Å²) in [6.45, 7) is 11.7. The van der Waals surface area contributed by atoms with Crippen LogP contribution >= 0.6 is 0 Å². The van der Waals surface area contributed by atoms with Crippen LogP contribution in [0.25, 0.3) is 0 Å². The number of rotatable bonds is 9. The maximum atomic E-state index is 13.0. The Labute approximate surface area is 121 Å². The summed E-state index contributed by atoms with van der Waals surface area (Å²) in [6.07, 6.45) is 3.75. The van der Waals surface area contributed by atoms with Crippen molar-refractivity contribution in [1.82, 2.24) is 4.90 Å². The van der Waals surface area contributed by atoms with Crippen molar-refractivity contribution in [3.05, 3.63) is 35.4 Å². The molecule has 112 valence electrons. The largest absolute Gasteiger partial charge is 0.355 e. The van der Waals surface area contributed by atoms with Crippen LogP contribution in [0.1, 0.15) is 26.7 Å². The molecule has 0 spiro atoms. The Morgan fingerprint density at radius 1 is 1.55 bits per heavy atom. The van der Waals surface area contributed by atoms with E-state index in [-0.39, 0.29) is 6.04 Å². The number of nitrogens with two attached hydrogens (primary N) is 1. The molecule has 1 atom stereocenters. The summed E-state index contributed by atoms with van der Waals surface area (Å²) < 4.78 is 13.0. The van der Waals surface area contributed by atoms with Gasteiger partial charge in [-0.1, -0.05) is 19.9 Å². The van der Waals surface area contributed by atoms with Crippen LogP contribution in [0.2, 0.25) is 0 Å². The second-order valence-electron chi connectivity index (χ2n) is 4.75. The molecule has 0 aromatic heterocycles. The van der Waals surface area contributed by atoms with Crippen molar-refractivity contribution in [2.75, 3.05) is 13.6 Å². The molecule has 5 heteroatoms. The van der Waals surface area contributed by atoms with Gasteiger partial charge in [0.05, 0.1) is 6.21 Å². The Hall–Kier alpha value is -1.75. The Balaban J connectivity index is 4.99. The molecule has 0 aromatic carbocycles. The van der Waals surface area contributed by atoms with Crippen molar-refractivity contribution in [1.29, 1.82) is 5.41 Å². The van der Waals surface area contributed by atoms with E-state index < -0.39 is 5.83 Å². The van der Waals surface area contributed by atoms with Gasteiger partial charge in [0.15, 0.2) is 0 Å². The van der Waals surface area contributed by atoms with E-state index in [2.05, 4.69) is 25.2 Å². The molecular weight excluding hydrogens is 255 g/mol. The maximum Gasteiger partial charge on any atom is 0.141 e. The summed E-state index contributed by atoms with van der Waals surface area (Å²) >= 11 is 0. The van der Waals surface area contributed by atoms with Gasteiger partial charge in [-0.25, -0.2) is 9.38 Å². The fourth-order valence-corrected chi connectivity index (χ4v) is 1.90. The molecule has 4 nitrogen and oxygen atoms in total. The number of nitrogens with one attached hydrogen (secondary N) is 1. The smallest absolute Gasteiger partial charge is 0.141 e. The molecule has 1 unspecified atom stereocenters. The van der Waals surface area contributed by atoms with Gasteiger partial charge in [0.25, 0.3) is 0 Å². The van der Waals surface area contributed by atoms with Crippen LogP contribution < -0.4 is 5.73 Å². The fraction of sp³-hybridized carbons (Fsp3) is 0.467. The van der Waals surface area contributed by atoms with E-state index in [0.29, 0.717) is 24.2 Å². The van der Waals surface area contributed by atoms with E-state index in [1.165, 1.54) is 6.08 Å². The van der Waals surface area contributed by atoms with Gasteiger partial charge >= 0.3 is 0 Å². The predicted molar refractivity (Wildman–Crippen MR) is 84.9 cm³/mol. The first-order valence-electron chi connectivity index (χ1n) is 6.57. The van der Waals surface area contributed by atoms with Crippen molar-refractivity contribution < 1.29 is 4.39 Å². The minimum Gasteiger partial charge on any atom is -0.355 e. The number of nitrogens with zero attached hydrogens (tertiary/aromatic N) is 2. The molecule has 0 saturated carbocycles. The summed E-state index contributed by atoms with van der Waals surface area (Å²) in [6, 6.07) is -0.0648. The fourth-order valence-electron chi connectivity index (χ4n) is 1.90. The van der Waals surface area contributed by atoms with Crippen LogP contribution in [-0.2, 0) is 0 Å². The van der Waals surface area contributed by atoms with Crippen molar-refractivity contribution in [3.63, 3.8) is 0 Å². The lowest BCUT2D eigenvalue weighted by atomic mass is 10.0. The molecular formula is C15H25FN4. The standard InChI is InChI=1S/C15H25FN4/c1-6-7-14(18)12(3)15(19-4)20(5)10-11(2)8-13(16)9-17/h8-9,14,17H,2,4,6-7,10,18H2,1,3,5H3/b13-8+,15-12+,17-9?. The van der Waals surface area contributed by atoms with E-state index >= 15 is 0 Å². The predicted octanol–water partition coefficient (Wildman–Crippen LogP) is 3.04. The Bertz CT molecular complexity index is 424. The molecule has 0 amide bonds. The highest BCUT2D eigenvalue weighted by molar-refractivity contribution is 5.73. The number of likely N-dealkylation sites (N-methyl/N-ethyl adjacent to an activating group) is 1. The van der Waals surface area contributed by atoms with E-state index in [1.807, 2.05) is 18.9 Å². The van der Waals surface area contributed by atoms with Crippen molar-refractivity contribution >= 4 is 12.9 Å². The van der Waals surface area contributed by atoms with Gasteiger partial charge in [-0.15, -0.1) is 0 Å². The summed E-state index contributed by atoms with van der Waals surface area (Å²) in [7, 11) is 1.83. The molecule has 0 aliphatic heterocycles. The second kappa shape index (κ2) is 9.20. The number of hydrogen-bond acceptors (Lipinski definition) is 4. The zero-order valence-corrected chi connectivity index (χ0v) is 12.6. The molecule has 0 heterocycles. The van der Waals surface area contributed by atoms with Gasteiger partial charge in [0.1, 0.15) is 11.6 Å². The third kappa shape index (κ3) is 5.93. The van der Waals surface area contributed by atoms with Crippen LogP contribution in [-0.4, -0.2) is 37.5 Å². The van der Waals surface area contributed by atoms with E-state index in [0.717, 1.165) is 18.4 Å². The summed E-state index contributed by atoms with van der Waals surface area (Å²) in [4.78, 5) is 5.85. The lowest BCUT2D eigenvalue weighted by Gasteiger charge is -2.24. The first-order valence-corrected chi connectivity index (χ1v) is 6.57. The average molecular weight is 280 g/mol. The van der Waals surface area contributed by atoms with Crippen molar-refractivity contribution in [3.8, 4) is 0 Å². The normalized spacial score (nSPS) is 14.3. The Kier molecular flexibility index (Phi) is 8.40. The van der Waals surface area contributed by atoms with E-state index in [1.54, 1.807) is 0 Å². The minimum absolute atomic E-state index is 0.0648. The van der Waals surface area contributed by atoms with Gasteiger partial charge < -0.3 is 16.0 Å². The molecule has 3 N–H and O–H groups in total. The highest BCUT2D eigenvalue weighted by Gasteiger charge is 2.13. The number of aliphatic imine (C=N–C) groups is 1. The topological polar surface area (TPSA) is 65.5 Å². The number of allylic oxidation sites excluding steroid dienone is 1. The first kappa shape index (κ1) is 18.2. The van der Waals surface area contributed by atoms with Crippen LogP contribution in [0.5, 0.6) is 0 Å². The van der Waals surface area contributed by atoms with E-state index in [9.17, 15) is 4.39 Å². The summed E-state index contributed by atoms with van der Waals surface area (Å²) in [5, 5.41) is 6.80. The van der Waals surface area contributed by atoms with Gasteiger partial charge in [-0.3, -0.25) is 0 Å². The average Bonchev–Trinajstić information content (AvgIpc) is 2.39. The van der Waals surface area contributed by atoms with Gasteiger partial charge in [0, 0.05) is 19.6 Å². The molecule has 0 saturated heterocycles. The molecule has 0 aliphatic rings. The highest BCUT2D eigenvalue weighted by Crippen LogP contribution is 2.16. The lowest BCUT2D eigenvalue weighted by molar-refractivity contribution is 0.440. The zero-order valence-electron chi connectivity index (χ0n) is 12.6. The monoisotopic (exact) mass is 280 g/mol. The Morgan fingerprint density at radius 2 is 2.15 bits per heavy atom. The third-order valence-electron chi connectivity index (χ3n) is 2.94. The second-order valence-corrected chi connectivity index (χ2v) is 4.75. The maximum absolute atomic E-state index is 13.0. The number of halogens is 1. The highest BCUT2D eigenvalue weighted by atomic mass is 19.1. The molecule has 0 bridgehead atoms. The molecule has 0 radical (unpaired) electrons. The van der Waals surface area contributed by atoms with Crippen molar-refractivity contribution in [2.45, 2.75) is 32.7 Å². The Morgan fingerprint density at radius 3 is 2.60 bits per heavy atom. The minimum atomic E-state index is -0.625. The van der Waals surface area contributed by atoms with Crippen LogP contribution in [0.3, 0.4) is 0 Å². The molecule has 0 rings (SSSR count). The van der Waals surface area contributed by atoms with Gasteiger partial charge in [0.2, 0.25) is 0 Å². The third-order valence-corrected chi connectivity index (χ3v) is 2.94. The van der Waals surface area contributed by atoms with Crippen LogP contribution in [0.15, 0.2) is 40.4 Å². The summed E-state index contributed by atoms with van der Waals surface area (Å²) in [5.41, 5.74) is 7.58. The molecule has 0 fully saturated rings. The molecule has 0 aromatic rings. The van der Waals surface area contributed by atoms with Crippen LogP contribution in [0, 0.1) is 5.41 Å².